The molecule has 0 spiro atoms. The zero-order valence-corrected chi connectivity index (χ0v) is 15.7. The zero-order valence-electron chi connectivity index (χ0n) is 14.2. The molecule has 1 aromatic rings. The van der Waals surface area contributed by atoms with Crippen molar-refractivity contribution in [2.24, 2.45) is 0 Å². The van der Waals surface area contributed by atoms with E-state index in [-0.39, 0.29) is 12.5 Å². The van der Waals surface area contributed by atoms with E-state index in [0.29, 0.717) is 36.6 Å². The topological polar surface area (TPSA) is 57.7 Å². The molecule has 0 N–H and O–H groups in total. The van der Waals surface area contributed by atoms with Crippen molar-refractivity contribution in [3.05, 3.63) is 28.8 Å². The molecule has 5 nitrogen and oxygen atoms in total. The lowest BCUT2D eigenvalue weighted by Gasteiger charge is -2.25. The van der Waals surface area contributed by atoms with Crippen molar-refractivity contribution in [3.8, 4) is 0 Å². The van der Waals surface area contributed by atoms with Gasteiger partial charge in [0.15, 0.2) is 0 Å². The maximum atomic E-state index is 12.1. The second-order valence-corrected chi connectivity index (χ2v) is 7.70. The van der Waals surface area contributed by atoms with Crippen LogP contribution in [0.15, 0.2) is 18.2 Å². The molecular weight excluding hydrogens is 336 g/mol. The van der Waals surface area contributed by atoms with E-state index in [0.717, 1.165) is 5.56 Å². The van der Waals surface area contributed by atoms with Crippen LogP contribution >= 0.6 is 11.6 Å². The van der Waals surface area contributed by atoms with E-state index in [4.69, 9.17) is 11.6 Å². The first kappa shape index (κ1) is 19.8. The molecule has 0 heterocycles. The molecule has 0 saturated carbocycles. The van der Waals surface area contributed by atoms with Crippen molar-refractivity contribution in [2.75, 3.05) is 30.2 Å². The van der Waals surface area contributed by atoms with E-state index in [2.05, 4.69) is 0 Å². The molecule has 130 valence electrons. The highest BCUT2D eigenvalue weighted by molar-refractivity contribution is 7.92. The van der Waals surface area contributed by atoms with Crippen molar-refractivity contribution in [1.29, 1.82) is 0 Å². The Balaban J connectivity index is 2.87. The molecule has 0 saturated heterocycles. The number of amides is 1. The Labute approximate surface area is 144 Å². The smallest absolute Gasteiger partial charge is 0.232 e. The molecule has 1 rings (SSSR count). The number of benzene rings is 1. The van der Waals surface area contributed by atoms with Crippen LogP contribution in [0.4, 0.5) is 5.69 Å². The lowest BCUT2D eigenvalue weighted by atomic mass is 10.2. The summed E-state index contributed by atoms with van der Waals surface area (Å²) >= 11 is 6.09. The van der Waals surface area contributed by atoms with Crippen molar-refractivity contribution in [1.82, 2.24) is 4.90 Å². The Morgan fingerprint density at radius 1 is 1.22 bits per heavy atom. The zero-order chi connectivity index (χ0) is 17.6. The predicted molar refractivity (Wildman–Crippen MR) is 95.5 cm³/mol. The van der Waals surface area contributed by atoms with Gasteiger partial charge in [0.1, 0.15) is 0 Å². The molecule has 23 heavy (non-hydrogen) atoms. The third kappa shape index (κ3) is 5.39. The molecule has 0 bridgehead atoms. The first-order chi connectivity index (χ1) is 10.7. The molecular formula is C16H25ClN2O3S. The summed E-state index contributed by atoms with van der Waals surface area (Å²) in [6.45, 7) is 7.24. The highest BCUT2D eigenvalue weighted by atomic mass is 35.5. The van der Waals surface area contributed by atoms with E-state index in [1.54, 1.807) is 30.0 Å². The van der Waals surface area contributed by atoms with Gasteiger partial charge in [-0.1, -0.05) is 17.7 Å². The summed E-state index contributed by atoms with van der Waals surface area (Å²) in [6, 6.07) is 5.18. The van der Waals surface area contributed by atoms with Crippen LogP contribution in [0.1, 0.15) is 32.3 Å². The van der Waals surface area contributed by atoms with Gasteiger partial charge < -0.3 is 4.90 Å². The molecule has 1 amide bonds. The number of sulfonamides is 1. The van der Waals surface area contributed by atoms with Gasteiger partial charge in [-0.2, -0.15) is 0 Å². The number of rotatable bonds is 8. The Bertz CT molecular complexity index is 643. The third-order valence-electron chi connectivity index (χ3n) is 3.78. The van der Waals surface area contributed by atoms with Crippen LogP contribution in [0.3, 0.4) is 0 Å². The Morgan fingerprint density at radius 2 is 1.83 bits per heavy atom. The van der Waals surface area contributed by atoms with E-state index >= 15 is 0 Å². The average molecular weight is 361 g/mol. The van der Waals surface area contributed by atoms with Gasteiger partial charge in [0.25, 0.3) is 0 Å². The molecule has 0 aliphatic rings. The second kappa shape index (κ2) is 8.55. The number of anilines is 1. The molecule has 7 heteroatoms. The summed E-state index contributed by atoms with van der Waals surface area (Å²) in [5.74, 6) is 0.0475. The maximum Gasteiger partial charge on any atom is 0.232 e. The minimum atomic E-state index is -3.44. The number of hydrogen-bond acceptors (Lipinski definition) is 3. The van der Waals surface area contributed by atoms with Crippen molar-refractivity contribution >= 4 is 33.2 Å². The van der Waals surface area contributed by atoms with Gasteiger partial charge in [-0.15, -0.1) is 0 Å². The quantitative estimate of drug-likeness (QED) is 0.715. The van der Waals surface area contributed by atoms with Crippen LogP contribution in [0, 0.1) is 6.92 Å². The van der Waals surface area contributed by atoms with Gasteiger partial charge in [0.05, 0.1) is 11.9 Å². The predicted octanol–water partition coefficient (Wildman–Crippen LogP) is 3.06. The van der Waals surface area contributed by atoms with Crippen LogP contribution in [-0.4, -0.2) is 45.1 Å². The van der Waals surface area contributed by atoms with E-state index < -0.39 is 10.0 Å². The highest BCUT2D eigenvalue weighted by Crippen LogP contribution is 2.28. The fraction of sp³-hybridized carbons (Fsp3) is 0.562. The van der Waals surface area contributed by atoms with E-state index in [1.807, 2.05) is 13.8 Å². The standard InChI is InChI=1S/C16H25ClN2O3S/c1-5-18(6-2)16(20)11-8-12-19(23(4,21)22)15-10-7-9-14(17)13(15)3/h7,9-10H,5-6,8,11-12H2,1-4H3. The van der Waals surface area contributed by atoms with Gasteiger partial charge in [0.2, 0.25) is 15.9 Å². The van der Waals surface area contributed by atoms with Crippen LogP contribution in [-0.2, 0) is 14.8 Å². The number of hydrogen-bond donors (Lipinski definition) is 0. The summed E-state index contributed by atoms with van der Waals surface area (Å²) in [5.41, 5.74) is 1.28. The lowest BCUT2D eigenvalue weighted by Crippen LogP contribution is -2.34. The van der Waals surface area contributed by atoms with Gasteiger partial charge >= 0.3 is 0 Å². The molecule has 0 fully saturated rings. The average Bonchev–Trinajstić information content (AvgIpc) is 2.47. The Morgan fingerprint density at radius 3 is 2.35 bits per heavy atom. The second-order valence-electron chi connectivity index (χ2n) is 5.39. The van der Waals surface area contributed by atoms with Gasteiger partial charge in [-0.3, -0.25) is 9.10 Å². The number of halogens is 1. The molecule has 0 radical (unpaired) electrons. The maximum absolute atomic E-state index is 12.1. The molecule has 0 unspecified atom stereocenters. The van der Waals surface area contributed by atoms with Crippen molar-refractivity contribution in [2.45, 2.75) is 33.6 Å². The van der Waals surface area contributed by atoms with Gasteiger partial charge in [-0.25, -0.2) is 8.42 Å². The van der Waals surface area contributed by atoms with Crippen LogP contribution in [0.5, 0.6) is 0 Å². The normalized spacial score (nSPS) is 11.3. The van der Waals surface area contributed by atoms with Crippen molar-refractivity contribution < 1.29 is 13.2 Å². The molecule has 0 aromatic heterocycles. The number of carbonyl (C=O) groups is 1. The summed E-state index contributed by atoms with van der Waals surface area (Å²) in [4.78, 5) is 13.8. The van der Waals surface area contributed by atoms with Gasteiger partial charge in [-0.05, 0) is 44.9 Å². The van der Waals surface area contributed by atoms with Crippen molar-refractivity contribution in [3.63, 3.8) is 0 Å². The SMILES string of the molecule is CCN(CC)C(=O)CCCN(c1cccc(Cl)c1C)S(C)(=O)=O. The molecule has 0 atom stereocenters. The minimum Gasteiger partial charge on any atom is -0.343 e. The van der Waals surface area contributed by atoms with Crippen LogP contribution in [0.25, 0.3) is 0 Å². The Hall–Kier alpha value is -1.27. The fourth-order valence-corrected chi connectivity index (χ4v) is 3.62. The van der Waals surface area contributed by atoms with Crippen LogP contribution < -0.4 is 4.31 Å². The summed E-state index contributed by atoms with van der Waals surface area (Å²) in [7, 11) is -3.44. The summed E-state index contributed by atoms with van der Waals surface area (Å²) in [5, 5.41) is 0.523. The van der Waals surface area contributed by atoms with Crippen LogP contribution in [0.2, 0.25) is 5.02 Å². The first-order valence-electron chi connectivity index (χ1n) is 7.72. The first-order valence-corrected chi connectivity index (χ1v) is 9.95. The Kier molecular flexibility index (Phi) is 7.35. The monoisotopic (exact) mass is 360 g/mol. The fourth-order valence-electron chi connectivity index (χ4n) is 2.44. The number of carbonyl (C=O) groups excluding carboxylic acids is 1. The van der Waals surface area contributed by atoms with E-state index in [1.165, 1.54) is 10.6 Å². The molecule has 1 aromatic carbocycles. The molecule has 0 aliphatic heterocycles. The minimum absolute atomic E-state index is 0.0475. The number of nitrogens with zero attached hydrogens (tertiary/aromatic N) is 2. The van der Waals surface area contributed by atoms with Gasteiger partial charge in [0, 0.05) is 31.1 Å². The lowest BCUT2D eigenvalue weighted by molar-refractivity contribution is -0.130. The highest BCUT2D eigenvalue weighted by Gasteiger charge is 2.20. The third-order valence-corrected chi connectivity index (χ3v) is 5.37. The summed E-state index contributed by atoms with van der Waals surface area (Å²) in [6.07, 6.45) is 1.96. The summed E-state index contributed by atoms with van der Waals surface area (Å²) < 4.78 is 25.5. The molecule has 0 aliphatic carbocycles. The van der Waals surface area contributed by atoms with E-state index in [9.17, 15) is 13.2 Å². The largest absolute Gasteiger partial charge is 0.343 e.